The maximum absolute atomic E-state index is 12.7. The maximum atomic E-state index is 12.7. The second-order valence-corrected chi connectivity index (χ2v) is 4.44. The third kappa shape index (κ3) is 4.83. The molecule has 0 aliphatic rings. The molecule has 1 rings (SSSR count). The largest absolute Gasteiger partial charge is 0.461 e. The van der Waals surface area contributed by atoms with Gasteiger partial charge in [0.1, 0.15) is 5.75 Å². The molecule has 0 heterocycles. The molecule has 2 nitrogen and oxygen atoms in total. The fourth-order valence-corrected chi connectivity index (χ4v) is 1.54. The van der Waals surface area contributed by atoms with Gasteiger partial charge in [0.15, 0.2) is 0 Å². The Kier molecular flexibility index (Phi) is 7.30. The average molecular weight is 316 g/mol. The molecule has 0 spiro atoms. The Morgan fingerprint density at radius 1 is 1.20 bits per heavy atom. The number of alkyl halides is 4. The first-order valence-electron chi connectivity index (χ1n) is 5.98. The number of nitrogens with two attached hydrogens (primary N) is 1. The third-order valence-corrected chi connectivity index (χ3v) is 3.03. The topological polar surface area (TPSA) is 35.2 Å². The molecule has 2 N–H and O–H groups in total. The van der Waals surface area contributed by atoms with Gasteiger partial charge in [0, 0.05) is 6.04 Å². The van der Waals surface area contributed by atoms with Crippen molar-refractivity contribution in [2.75, 3.05) is 0 Å². The van der Waals surface area contributed by atoms with Crippen molar-refractivity contribution in [2.45, 2.75) is 38.8 Å². The summed E-state index contributed by atoms with van der Waals surface area (Å²) in [6.07, 6.45) is -7.47. The zero-order valence-electron chi connectivity index (χ0n) is 11.2. The number of hydrogen-bond acceptors (Lipinski definition) is 2. The Bertz CT molecular complexity index is 400. The maximum Gasteiger partial charge on any atom is 0.461 e. The van der Waals surface area contributed by atoms with E-state index in [0.29, 0.717) is 0 Å². The zero-order valence-corrected chi connectivity index (χ0v) is 12.0. The quantitative estimate of drug-likeness (QED) is 0.790. The Morgan fingerprint density at radius 2 is 1.70 bits per heavy atom. The van der Waals surface area contributed by atoms with Crippen LogP contribution in [0, 0.1) is 5.92 Å². The van der Waals surface area contributed by atoms with E-state index < -0.39 is 12.5 Å². The van der Waals surface area contributed by atoms with Crippen molar-refractivity contribution in [1.29, 1.82) is 0 Å². The molecule has 20 heavy (non-hydrogen) atoms. The van der Waals surface area contributed by atoms with Gasteiger partial charge in [0.25, 0.3) is 0 Å². The van der Waals surface area contributed by atoms with Crippen LogP contribution in [0.4, 0.5) is 17.6 Å². The van der Waals surface area contributed by atoms with E-state index in [0.717, 1.165) is 12.0 Å². The van der Waals surface area contributed by atoms with Crippen LogP contribution in [-0.4, -0.2) is 12.5 Å². The van der Waals surface area contributed by atoms with Crippen LogP contribution in [0.15, 0.2) is 24.3 Å². The van der Waals surface area contributed by atoms with Gasteiger partial charge in [-0.1, -0.05) is 32.4 Å². The molecule has 0 bridgehead atoms. The first-order chi connectivity index (χ1) is 8.77. The number of benzene rings is 1. The molecule has 0 aliphatic carbocycles. The summed E-state index contributed by atoms with van der Waals surface area (Å²) in [7, 11) is 0. The lowest BCUT2D eigenvalue weighted by Crippen LogP contribution is -2.33. The summed E-state index contributed by atoms with van der Waals surface area (Å²) >= 11 is 0. The van der Waals surface area contributed by atoms with Crippen molar-refractivity contribution in [3.8, 4) is 5.75 Å². The highest BCUT2D eigenvalue weighted by Crippen LogP contribution is 2.29. The predicted octanol–water partition coefficient (Wildman–Crippen LogP) is 4.39. The lowest BCUT2D eigenvalue weighted by molar-refractivity contribution is -0.253. The van der Waals surface area contributed by atoms with Crippen LogP contribution in [0.2, 0.25) is 0 Å². The molecule has 0 aromatic heterocycles. The SMILES string of the molecule is CCC(C)[C@H](N)c1ccc(OC(F)(F)C(F)F)cc1.Cl. The summed E-state index contributed by atoms with van der Waals surface area (Å²) in [6, 6.07) is 5.22. The van der Waals surface area contributed by atoms with Crippen LogP contribution < -0.4 is 10.5 Å². The van der Waals surface area contributed by atoms with Crippen molar-refractivity contribution in [1.82, 2.24) is 0 Å². The lowest BCUT2D eigenvalue weighted by atomic mass is 9.93. The molecule has 1 unspecified atom stereocenters. The van der Waals surface area contributed by atoms with E-state index in [1.165, 1.54) is 24.3 Å². The van der Waals surface area contributed by atoms with Crippen molar-refractivity contribution >= 4 is 12.4 Å². The molecule has 0 saturated carbocycles. The normalized spacial score (nSPS) is 14.6. The third-order valence-electron chi connectivity index (χ3n) is 3.03. The molecule has 0 saturated heterocycles. The van der Waals surface area contributed by atoms with Crippen molar-refractivity contribution < 1.29 is 22.3 Å². The summed E-state index contributed by atoms with van der Waals surface area (Å²) in [5, 5.41) is 0. The average Bonchev–Trinajstić information content (AvgIpc) is 2.37. The molecule has 7 heteroatoms. The van der Waals surface area contributed by atoms with Crippen LogP contribution >= 0.6 is 12.4 Å². The van der Waals surface area contributed by atoms with E-state index in [1.807, 2.05) is 13.8 Å². The first-order valence-corrected chi connectivity index (χ1v) is 5.98. The summed E-state index contributed by atoms with van der Waals surface area (Å²) in [5.41, 5.74) is 6.72. The van der Waals surface area contributed by atoms with Gasteiger partial charge in [0.2, 0.25) is 0 Å². The highest BCUT2D eigenvalue weighted by molar-refractivity contribution is 5.85. The molecule has 0 amide bonds. The molecule has 0 fully saturated rings. The summed E-state index contributed by atoms with van der Waals surface area (Å²) in [5.74, 6) is -0.0836. The van der Waals surface area contributed by atoms with E-state index >= 15 is 0 Å². The molecule has 1 aromatic rings. The number of hydrogen-bond donors (Lipinski definition) is 1. The van der Waals surface area contributed by atoms with Crippen molar-refractivity contribution in [3.63, 3.8) is 0 Å². The Morgan fingerprint density at radius 3 is 2.10 bits per heavy atom. The molecule has 0 aliphatic heterocycles. The van der Waals surface area contributed by atoms with E-state index in [1.54, 1.807) is 0 Å². The predicted molar refractivity (Wildman–Crippen MR) is 71.7 cm³/mol. The summed E-state index contributed by atoms with van der Waals surface area (Å²) < 4.78 is 53.2. The van der Waals surface area contributed by atoms with E-state index in [2.05, 4.69) is 4.74 Å². The molecular weight excluding hydrogens is 298 g/mol. The minimum atomic E-state index is -4.49. The molecule has 2 atom stereocenters. The standard InChI is InChI=1S/C13H17F4NO.ClH/c1-3-8(2)11(18)9-4-6-10(7-5-9)19-13(16,17)12(14)15;/h4-8,11-12H,3,18H2,1-2H3;1H/t8?,11-;/m0./s1. The highest BCUT2D eigenvalue weighted by atomic mass is 35.5. The highest BCUT2D eigenvalue weighted by Gasteiger charge is 2.43. The van der Waals surface area contributed by atoms with Crippen LogP contribution in [0.1, 0.15) is 31.9 Å². The van der Waals surface area contributed by atoms with Gasteiger partial charge in [-0.25, -0.2) is 0 Å². The van der Waals surface area contributed by atoms with Gasteiger partial charge in [-0.05, 0) is 23.6 Å². The Hall–Kier alpha value is -1.01. The van der Waals surface area contributed by atoms with Gasteiger partial charge in [-0.15, -0.1) is 12.4 Å². The van der Waals surface area contributed by atoms with Crippen LogP contribution in [0.5, 0.6) is 5.75 Å². The van der Waals surface area contributed by atoms with Crippen molar-refractivity contribution in [2.24, 2.45) is 11.7 Å². The van der Waals surface area contributed by atoms with E-state index in [4.69, 9.17) is 5.73 Å². The number of ether oxygens (including phenoxy) is 1. The molecule has 116 valence electrons. The number of rotatable bonds is 6. The smallest absolute Gasteiger partial charge is 0.428 e. The van der Waals surface area contributed by atoms with Gasteiger partial charge in [0.05, 0.1) is 0 Å². The van der Waals surface area contributed by atoms with Gasteiger partial charge < -0.3 is 10.5 Å². The molecular formula is C13H18ClF4NO. The van der Waals surface area contributed by atoms with E-state index in [9.17, 15) is 17.6 Å². The van der Waals surface area contributed by atoms with E-state index in [-0.39, 0.29) is 30.1 Å². The van der Waals surface area contributed by atoms with Gasteiger partial charge in [-0.2, -0.15) is 17.6 Å². The first kappa shape index (κ1) is 19.0. The van der Waals surface area contributed by atoms with Crippen LogP contribution in [0.3, 0.4) is 0 Å². The Labute approximate surface area is 121 Å². The zero-order chi connectivity index (χ0) is 14.6. The monoisotopic (exact) mass is 315 g/mol. The van der Waals surface area contributed by atoms with Gasteiger partial charge >= 0.3 is 12.5 Å². The second-order valence-electron chi connectivity index (χ2n) is 4.44. The van der Waals surface area contributed by atoms with Crippen LogP contribution in [0.25, 0.3) is 0 Å². The fraction of sp³-hybridized carbons (Fsp3) is 0.538. The van der Waals surface area contributed by atoms with Gasteiger partial charge in [-0.3, -0.25) is 0 Å². The second kappa shape index (κ2) is 7.69. The van der Waals surface area contributed by atoms with Crippen LogP contribution in [-0.2, 0) is 0 Å². The molecule has 1 aromatic carbocycles. The minimum Gasteiger partial charge on any atom is -0.428 e. The fourth-order valence-electron chi connectivity index (χ4n) is 1.54. The lowest BCUT2D eigenvalue weighted by Gasteiger charge is -2.20. The molecule has 0 radical (unpaired) electrons. The minimum absolute atomic E-state index is 0. The Balaban J connectivity index is 0.00000361. The summed E-state index contributed by atoms with van der Waals surface area (Å²) in [6.45, 7) is 3.96. The number of halogens is 5. The van der Waals surface area contributed by atoms with Crippen molar-refractivity contribution in [3.05, 3.63) is 29.8 Å². The summed E-state index contributed by atoms with van der Waals surface area (Å²) in [4.78, 5) is 0.